The number of hydrogen-bond acceptors (Lipinski definition) is 6. The zero-order chi connectivity index (χ0) is 22.1. The van der Waals surface area contributed by atoms with Crippen LogP contribution in [0.2, 0.25) is 10.0 Å². The third kappa shape index (κ3) is 4.76. The number of nitrogens with zero attached hydrogens (tertiary/aromatic N) is 1. The number of aromatic nitrogens is 1. The van der Waals surface area contributed by atoms with Crippen LogP contribution in [0.4, 0.5) is 10.8 Å². The molecular formula is C21H17Cl2N3O4S. The van der Waals surface area contributed by atoms with Gasteiger partial charge in [-0.1, -0.05) is 23.2 Å². The number of amides is 2. The van der Waals surface area contributed by atoms with E-state index in [0.717, 1.165) is 10.4 Å². The van der Waals surface area contributed by atoms with Crippen molar-refractivity contribution in [3.63, 3.8) is 0 Å². The van der Waals surface area contributed by atoms with Crippen molar-refractivity contribution in [1.82, 2.24) is 4.98 Å². The van der Waals surface area contributed by atoms with Gasteiger partial charge in [0.1, 0.15) is 11.5 Å². The minimum absolute atomic E-state index is 0.201. The molecule has 0 spiro atoms. The highest BCUT2D eigenvalue weighted by Gasteiger charge is 2.24. The van der Waals surface area contributed by atoms with Gasteiger partial charge < -0.3 is 14.8 Å². The molecule has 1 aromatic heterocycles. The van der Waals surface area contributed by atoms with Gasteiger partial charge in [0, 0.05) is 15.5 Å². The Kier molecular flexibility index (Phi) is 6.04. The molecule has 1 unspecified atom stereocenters. The maximum absolute atomic E-state index is 12.3. The van der Waals surface area contributed by atoms with E-state index in [0.29, 0.717) is 38.1 Å². The molecule has 1 aliphatic heterocycles. The molecule has 2 aromatic carbocycles. The quantitative estimate of drug-likeness (QED) is 0.529. The number of rotatable bonds is 5. The molecule has 0 fully saturated rings. The van der Waals surface area contributed by atoms with E-state index >= 15 is 0 Å². The molecule has 160 valence electrons. The number of carbonyl (C=O) groups is 2. The van der Waals surface area contributed by atoms with Crippen LogP contribution >= 0.6 is 34.5 Å². The smallest absolute Gasteiger partial charge is 0.265 e. The molecule has 0 bridgehead atoms. The minimum atomic E-state index is -0.536. The summed E-state index contributed by atoms with van der Waals surface area (Å²) in [7, 11) is 0. The van der Waals surface area contributed by atoms with Crippen LogP contribution in [0.25, 0.3) is 11.3 Å². The molecule has 0 radical (unpaired) electrons. The Balaban J connectivity index is 1.45. The Labute approximate surface area is 192 Å². The van der Waals surface area contributed by atoms with Gasteiger partial charge in [-0.25, -0.2) is 4.98 Å². The molecule has 0 saturated carbocycles. The predicted molar refractivity (Wildman–Crippen MR) is 122 cm³/mol. The highest BCUT2D eigenvalue weighted by Crippen LogP contribution is 2.37. The Morgan fingerprint density at radius 2 is 2.10 bits per heavy atom. The molecule has 7 nitrogen and oxygen atoms in total. The number of ether oxygens (including phenoxy) is 2. The molecule has 0 saturated heterocycles. The molecule has 1 atom stereocenters. The van der Waals surface area contributed by atoms with Gasteiger partial charge in [0.05, 0.1) is 16.4 Å². The normalized spacial score (nSPS) is 15.0. The van der Waals surface area contributed by atoms with Crippen LogP contribution in [0.3, 0.4) is 0 Å². The number of benzene rings is 2. The molecule has 4 rings (SSSR count). The predicted octanol–water partition coefficient (Wildman–Crippen LogP) is 5.16. The van der Waals surface area contributed by atoms with Crippen molar-refractivity contribution in [2.75, 3.05) is 17.2 Å². The first-order valence-electron chi connectivity index (χ1n) is 9.27. The van der Waals surface area contributed by atoms with Crippen LogP contribution in [0.5, 0.6) is 11.5 Å². The summed E-state index contributed by atoms with van der Waals surface area (Å²) in [5.74, 6) is 0.403. The minimum Gasteiger partial charge on any atom is -0.482 e. The van der Waals surface area contributed by atoms with Gasteiger partial charge in [-0.05, 0) is 50.2 Å². The highest BCUT2D eigenvalue weighted by molar-refractivity contribution is 7.16. The van der Waals surface area contributed by atoms with Crippen molar-refractivity contribution >= 4 is 57.2 Å². The van der Waals surface area contributed by atoms with Crippen molar-refractivity contribution in [1.29, 1.82) is 0 Å². The van der Waals surface area contributed by atoms with Gasteiger partial charge in [-0.3, -0.25) is 14.9 Å². The monoisotopic (exact) mass is 477 g/mol. The number of halogens is 2. The van der Waals surface area contributed by atoms with Crippen LogP contribution in [0.1, 0.15) is 11.8 Å². The van der Waals surface area contributed by atoms with E-state index in [1.807, 2.05) is 13.0 Å². The van der Waals surface area contributed by atoms with Crippen LogP contribution in [-0.2, 0) is 9.59 Å². The van der Waals surface area contributed by atoms with E-state index in [-0.39, 0.29) is 18.4 Å². The number of thiazole rings is 1. The second-order valence-electron chi connectivity index (χ2n) is 6.80. The fourth-order valence-electron chi connectivity index (χ4n) is 2.96. The Hall–Kier alpha value is -2.81. The average Bonchev–Trinajstić information content (AvgIpc) is 3.08. The number of aryl methyl sites for hydroxylation is 1. The van der Waals surface area contributed by atoms with Crippen LogP contribution in [0.15, 0.2) is 36.4 Å². The molecule has 0 aliphatic carbocycles. The fourth-order valence-corrected chi connectivity index (χ4v) is 4.28. The van der Waals surface area contributed by atoms with E-state index in [2.05, 4.69) is 15.6 Å². The lowest BCUT2D eigenvalue weighted by Gasteiger charge is -2.23. The third-order valence-electron chi connectivity index (χ3n) is 4.48. The van der Waals surface area contributed by atoms with E-state index < -0.39 is 6.10 Å². The van der Waals surface area contributed by atoms with Crippen molar-refractivity contribution in [3.8, 4) is 22.8 Å². The van der Waals surface area contributed by atoms with Crippen LogP contribution in [0, 0.1) is 6.92 Å². The maximum atomic E-state index is 12.3. The fraction of sp³-hybridized carbons (Fsp3) is 0.190. The summed E-state index contributed by atoms with van der Waals surface area (Å²) < 4.78 is 11.0. The average molecular weight is 478 g/mol. The summed E-state index contributed by atoms with van der Waals surface area (Å²) in [5, 5.41) is 6.80. The largest absolute Gasteiger partial charge is 0.482 e. The van der Waals surface area contributed by atoms with Crippen molar-refractivity contribution in [3.05, 3.63) is 51.3 Å². The van der Waals surface area contributed by atoms with E-state index in [4.69, 9.17) is 32.7 Å². The Morgan fingerprint density at radius 3 is 2.87 bits per heavy atom. The molecule has 31 heavy (non-hydrogen) atoms. The molecule has 2 N–H and O–H groups in total. The van der Waals surface area contributed by atoms with Gasteiger partial charge in [0.15, 0.2) is 17.8 Å². The topological polar surface area (TPSA) is 89.5 Å². The lowest BCUT2D eigenvalue weighted by molar-refractivity contribution is -0.122. The van der Waals surface area contributed by atoms with Gasteiger partial charge in [0.2, 0.25) is 0 Å². The maximum Gasteiger partial charge on any atom is 0.265 e. The third-order valence-corrected chi connectivity index (χ3v) is 5.90. The number of hydrogen-bond donors (Lipinski definition) is 2. The number of nitrogens with one attached hydrogen (secondary N) is 2. The highest BCUT2D eigenvalue weighted by atomic mass is 35.5. The van der Waals surface area contributed by atoms with Crippen LogP contribution < -0.4 is 20.1 Å². The number of anilines is 2. The van der Waals surface area contributed by atoms with Gasteiger partial charge in [-0.15, -0.1) is 11.3 Å². The molecular weight excluding hydrogens is 461 g/mol. The summed E-state index contributed by atoms with van der Waals surface area (Å²) in [4.78, 5) is 29.6. The second-order valence-corrected chi connectivity index (χ2v) is 8.84. The summed E-state index contributed by atoms with van der Waals surface area (Å²) in [5.41, 5.74) is 2.10. The van der Waals surface area contributed by atoms with E-state index in [1.54, 1.807) is 37.3 Å². The Bertz CT molecular complexity index is 1180. The Morgan fingerprint density at radius 1 is 1.29 bits per heavy atom. The summed E-state index contributed by atoms with van der Waals surface area (Å²) in [6, 6.07) is 10.2. The summed E-state index contributed by atoms with van der Waals surface area (Å²) in [6.45, 7) is 3.37. The molecule has 10 heteroatoms. The van der Waals surface area contributed by atoms with Crippen molar-refractivity contribution in [2.45, 2.75) is 20.0 Å². The standard InChI is InChI=1S/C21H17Cl2N3O4S/c1-10-20(28)24-15-7-12(3-5-17(15)30-10)19-11(2)31-21(26-19)25-18(27)9-29-16-6-4-13(22)8-14(16)23/h3-8,10H,9H2,1-2H3,(H,24,28)(H,25,26,27). The van der Waals surface area contributed by atoms with Crippen molar-refractivity contribution in [2.24, 2.45) is 0 Å². The first kappa shape index (κ1) is 21.4. The summed E-state index contributed by atoms with van der Waals surface area (Å²) in [6.07, 6.45) is -0.536. The second kappa shape index (κ2) is 8.74. The van der Waals surface area contributed by atoms with E-state index in [1.165, 1.54) is 11.3 Å². The molecule has 1 aliphatic rings. The van der Waals surface area contributed by atoms with Gasteiger partial charge in [0.25, 0.3) is 11.8 Å². The zero-order valence-electron chi connectivity index (χ0n) is 16.5. The van der Waals surface area contributed by atoms with Crippen LogP contribution in [-0.4, -0.2) is 29.5 Å². The van der Waals surface area contributed by atoms with Gasteiger partial charge >= 0.3 is 0 Å². The first-order chi connectivity index (χ1) is 14.8. The van der Waals surface area contributed by atoms with E-state index in [9.17, 15) is 9.59 Å². The van der Waals surface area contributed by atoms with Gasteiger partial charge in [-0.2, -0.15) is 0 Å². The number of carbonyl (C=O) groups excluding carboxylic acids is 2. The molecule has 2 heterocycles. The lowest BCUT2D eigenvalue weighted by Crippen LogP contribution is -2.34. The SMILES string of the molecule is Cc1sc(NC(=O)COc2ccc(Cl)cc2Cl)nc1-c1ccc2c(c1)NC(=O)C(C)O2. The zero-order valence-corrected chi connectivity index (χ0v) is 18.8. The molecule has 2 amide bonds. The lowest BCUT2D eigenvalue weighted by atomic mass is 10.1. The number of fused-ring (bicyclic) bond motifs is 1. The van der Waals surface area contributed by atoms with Crippen molar-refractivity contribution < 1.29 is 19.1 Å². The summed E-state index contributed by atoms with van der Waals surface area (Å²) >= 11 is 13.2. The first-order valence-corrected chi connectivity index (χ1v) is 10.8. The molecule has 3 aromatic rings.